The number of fused-ring (bicyclic) bond motifs is 10. The lowest BCUT2D eigenvalue weighted by atomic mass is 9.90. The highest BCUT2D eigenvalue weighted by Crippen LogP contribution is 2.49. The summed E-state index contributed by atoms with van der Waals surface area (Å²) in [6.45, 7) is 0. The van der Waals surface area contributed by atoms with E-state index in [1.54, 1.807) is 0 Å². The Bertz CT molecular complexity index is 3200. The number of allylic oxidation sites excluding steroid dienone is 7. The van der Waals surface area contributed by atoms with Crippen molar-refractivity contribution in [3.63, 3.8) is 0 Å². The lowest BCUT2D eigenvalue weighted by molar-refractivity contribution is 0.881. The first-order valence-corrected chi connectivity index (χ1v) is 20.3. The monoisotopic (exact) mass is 720 g/mol. The fourth-order valence-corrected chi connectivity index (χ4v) is 10.8. The molecule has 0 saturated heterocycles. The van der Waals surface area contributed by atoms with Crippen LogP contribution in [0.4, 0.5) is 0 Å². The van der Waals surface area contributed by atoms with Crippen molar-refractivity contribution in [1.82, 2.24) is 9.13 Å². The molecule has 0 N–H and O–H groups in total. The van der Waals surface area contributed by atoms with Gasteiger partial charge in [0.25, 0.3) is 0 Å². The van der Waals surface area contributed by atoms with Gasteiger partial charge in [-0.3, -0.25) is 0 Å². The van der Waals surface area contributed by atoms with E-state index in [1.165, 1.54) is 98.5 Å². The lowest BCUT2D eigenvalue weighted by Crippen LogP contribution is -2.06. The van der Waals surface area contributed by atoms with Crippen LogP contribution in [0.15, 0.2) is 187 Å². The highest BCUT2D eigenvalue weighted by Gasteiger charge is 2.31. The minimum absolute atomic E-state index is 0.433. The van der Waals surface area contributed by atoms with E-state index in [1.807, 2.05) is 11.8 Å². The molecule has 2 aliphatic carbocycles. The molecule has 0 radical (unpaired) electrons. The third kappa shape index (κ3) is 4.76. The quantitative estimate of drug-likeness (QED) is 0.176. The van der Waals surface area contributed by atoms with Crippen molar-refractivity contribution in [3.8, 4) is 27.9 Å². The standard InChI is InChI=1S/C52H36N2S/c1-2-13-38(14-3-1)53-46-19-9-6-16-40(46)43-29-33(22-25-48(43)53)34-23-26-49-44(30-34)41-17-7-10-20-47(41)54(49)50-32-37(28-36-12-4-5-15-39(36)50)35-24-27-52-45(31-35)42-18-8-11-21-51(42)55-52/h1-2,4-13,15-32,42,51H,3,14H2. The van der Waals surface area contributed by atoms with E-state index in [4.69, 9.17) is 0 Å². The average molecular weight is 721 g/mol. The Morgan fingerprint density at radius 3 is 1.89 bits per heavy atom. The second kappa shape index (κ2) is 12.1. The molecule has 0 bridgehead atoms. The van der Waals surface area contributed by atoms with Crippen molar-refractivity contribution in [2.24, 2.45) is 0 Å². The minimum atomic E-state index is 0.433. The molecule has 0 fully saturated rings. The van der Waals surface area contributed by atoms with Gasteiger partial charge in [0.15, 0.2) is 0 Å². The minimum Gasteiger partial charge on any atom is -0.313 e. The van der Waals surface area contributed by atoms with Gasteiger partial charge in [0.1, 0.15) is 0 Å². The van der Waals surface area contributed by atoms with Crippen molar-refractivity contribution in [3.05, 3.63) is 188 Å². The van der Waals surface area contributed by atoms with Crippen LogP contribution in [-0.2, 0) is 0 Å². The van der Waals surface area contributed by atoms with E-state index in [2.05, 4.69) is 191 Å². The van der Waals surface area contributed by atoms with Crippen LogP contribution in [0, 0.1) is 0 Å². The number of hydrogen-bond acceptors (Lipinski definition) is 1. The number of aromatic nitrogens is 2. The topological polar surface area (TPSA) is 9.86 Å². The fourth-order valence-electron chi connectivity index (χ4n) is 9.51. The van der Waals surface area contributed by atoms with E-state index in [9.17, 15) is 0 Å². The number of hydrogen-bond donors (Lipinski definition) is 0. The van der Waals surface area contributed by atoms with Gasteiger partial charge < -0.3 is 9.13 Å². The third-order valence-electron chi connectivity index (χ3n) is 12.1. The summed E-state index contributed by atoms with van der Waals surface area (Å²) in [4.78, 5) is 1.40. The van der Waals surface area contributed by atoms with Crippen LogP contribution in [0.3, 0.4) is 0 Å². The normalized spacial score (nSPS) is 17.5. The predicted molar refractivity (Wildman–Crippen MR) is 235 cm³/mol. The van der Waals surface area contributed by atoms with Crippen molar-refractivity contribution < 1.29 is 0 Å². The molecule has 1 aliphatic heterocycles. The molecule has 9 aromatic rings. The van der Waals surface area contributed by atoms with Gasteiger partial charge in [-0.05, 0) is 113 Å². The van der Waals surface area contributed by atoms with Gasteiger partial charge in [-0.1, -0.05) is 115 Å². The number of para-hydroxylation sites is 2. The molecule has 2 nitrogen and oxygen atoms in total. The summed E-state index contributed by atoms with van der Waals surface area (Å²) in [5.41, 5.74) is 14.0. The van der Waals surface area contributed by atoms with E-state index < -0.39 is 0 Å². The molecule has 2 unspecified atom stereocenters. The molecule has 0 spiro atoms. The Hall–Kier alpha value is -6.29. The van der Waals surface area contributed by atoms with Gasteiger partial charge in [0, 0.05) is 48.7 Å². The summed E-state index contributed by atoms with van der Waals surface area (Å²) in [5.74, 6) is 0.433. The van der Waals surface area contributed by atoms with E-state index in [0.717, 1.165) is 12.8 Å². The maximum Gasteiger partial charge on any atom is 0.0546 e. The highest BCUT2D eigenvalue weighted by molar-refractivity contribution is 8.00. The summed E-state index contributed by atoms with van der Waals surface area (Å²) >= 11 is 1.99. The van der Waals surface area contributed by atoms with Gasteiger partial charge in [-0.15, -0.1) is 11.8 Å². The molecule has 2 aromatic heterocycles. The van der Waals surface area contributed by atoms with E-state index >= 15 is 0 Å². The van der Waals surface area contributed by atoms with Crippen LogP contribution in [-0.4, -0.2) is 14.4 Å². The van der Waals surface area contributed by atoms with Gasteiger partial charge in [-0.25, -0.2) is 0 Å². The van der Waals surface area contributed by atoms with E-state index in [-0.39, 0.29) is 0 Å². The lowest BCUT2D eigenvalue weighted by Gasteiger charge is -2.16. The summed E-state index contributed by atoms with van der Waals surface area (Å²) in [6.07, 6.45) is 18.0. The van der Waals surface area contributed by atoms with Crippen molar-refractivity contribution >= 4 is 71.8 Å². The first-order valence-electron chi connectivity index (χ1n) is 19.4. The molecule has 7 aromatic carbocycles. The highest BCUT2D eigenvalue weighted by atomic mass is 32.2. The second-order valence-electron chi connectivity index (χ2n) is 15.1. The van der Waals surface area contributed by atoms with Crippen LogP contribution in [0.1, 0.15) is 24.3 Å². The van der Waals surface area contributed by atoms with E-state index in [0.29, 0.717) is 11.2 Å². The van der Waals surface area contributed by atoms with Crippen molar-refractivity contribution in [1.29, 1.82) is 0 Å². The zero-order valence-electron chi connectivity index (χ0n) is 30.2. The van der Waals surface area contributed by atoms with Gasteiger partial charge in [-0.2, -0.15) is 0 Å². The predicted octanol–water partition coefficient (Wildman–Crippen LogP) is 14.3. The van der Waals surface area contributed by atoms with Gasteiger partial charge in [0.05, 0.1) is 27.8 Å². The SMILES string of the molecule is C1=CCCC(n2c3ccccc3c3cc(-c4ccc5c(c4)c4ccccc4n5-c4cc(-c5ccc6c(c5)C5C=CC=CC5S6)cc5ccccc45)ccc32)=C1. The Morgan fingerprint density at radius 2 is 1.13 bits per heavy atom. The zero-order chi connectivity index (χ0) is 36.0. The molecule has 0 saturated carbocycles. The van der Waals surface area contributed by atoms with Crippen LogP contribution < -0.4 is 0 Å². The Kier molecular flexibility index (Phi) is 6.85. The zero-order valence-corrected chi connectivity index (χ0v) is 31.0. The first kappa shape index (κ1) is 31.1. The summed E-state index contributed by atoms with van der Waals surface area (Å²) < 4.78 is 4.97. The molecule has 3 aliphatic rings. The largest absolute Gasteiger partial charge is 0.313 e. The molecule has 3 heteroatoms. The van der Waals surface area contributed by atoms with Gasteiger partial charge >= 0.3 is 0 Å². The number of benzene rings is 7. The maximum atomic E-state index is 2.50. The second-order valence-corrected chi connectivity index (χ2v) is 16.4. The molecule has 12 rings (SSSR count). The maximum absolute atomic E-state index is 2.50. The van der Waals surface area contributed by atoms with Crippen LogP contribution in [0.5, 0.6) is 0 Å². The molecule has 2 atom stereocenters. The number of nitrogens with zero attached hydrogens (tertiary/aromatic N) is 2. The molecular weight excluding hydrogens is 685 g/mol. The van der Waals surface area contributed by atoms with Crippen LogP contribution in [0.25, 0.3) is 88.0 Å². The van der Waals surface area contributed by atoms with Crippen molar-refractivity contribution in [2.45, 2.75) is 28.9 Å². The first-order chi connectivity index (χ1) is 27.3. The molecule has 3 heterocycles. The smallest absolute Gasteiger partial charge is 0.0546 e. The Morgan fingerprint density at radius 1 is 0.491 bits per heavy atom. The molecule has 0 amide bonds. The summed E-state index contributed by atoms with van der Waals surface area (Å²) in [6, 6.07) is 52.6. The summed E-state index contributed by atoms with van der Waals surface area (Å²) in [7, 11) is 0. The summed E-state index contributed by atoms with van der Waals surface area (Å²) in [5, 5.41) is 8.12. The fraction of sp³-hybridized carbons (Fsp3) is 0.0769. The van der Waals surface area contributed by atoms with Crippen molar-refractivity contribution in [2.75, 3.05) is 0 Å². The third-order valence-corrected chi connectivity index (χ3v) is 13.4. The van der Waals surface area contributed by atoms with Crippen LogP contribution >= 0.6 is 11.8 Å². The Labute approximate surface area is 324 Å². The molecule has 260 valence electrons. The Balaban J connectivity index is 1.03. The van der Waals surface area contributed by atoms with Gasteiger partial charge in [0.2, 0.25) is 0 Å². The number of thioether (sulfide) groups is 1. The molecule has 55 heavy (non-hydrogen) atoms. The number of rotatable bonds is 4. The molecular formula is C52H36N2S. The average Bonchev–Trinajstić information content (AvgIpc) is 3.90. The van der Waals surface area contributed by atoms with Crippen LogP contribution in [0.2, 0.25) is 0 Å².